The number of amides is 2. The van der Waals surface area contributed by atoms with Crippen LogP contribution >= 0.6 is 0 Å². The van der Waals surface area contributed by atoms with E-state index in [1.54, 1.807) is 4.90 Å². The van der Waals surface area contributed by atoms with Crippen molar-refractivity contribution in [1.29, 1.82) is 0 Å². The van der Waals surface area contributed by atoms with Gasteiger partial charge in [-0.1, -0.05) is 0 Å². The van der Waals surface area contributed by atoms with Crippen molar-refractivity contribution >= 4 is 21.8 Å². The van der Waals surface area contributed by atoms with Crippen molar-refractivity contribution in [3.63, 3.8) is 0 Å². The molecule has 0 atom stereocenters. The number of rotatable bonds is 6. The van der Waals surface area contributed by atoms with Crippen molar-refractivity contribution in [1.82, 2.24) is 19.4 Å². The van der Waals surface area contributed by atoms with E-state index in [1.807, 2.05) is 11.9 Å². The number of carbonyl (C=O) groups excluding carboxylic acids is 2. The van der Waals surface area contributed by atoms with Gasteiger partial charge < -0.3 is 14.7 Å². The SMILES string of the molecule is CN1CCN(C(=O)C2CCN(C(=O)CCNS(=O)(=O)c3ccc(F)c(F)c3)CC2)CC1. The van der Waals surface area contributed by atoms with Gasteiger partial charge in [0.2, 0.25) is 21.8 Å². The first-order chi connectivity index (χ1) is 14.7. The van der Waals surface area contributed by atoms with Gasteiger partial charge in [0.1, 0.15) is 0 Å². The third-order valence-corrected chi connectivity index (χ3v) is 7.30. The molecule has 1 aromatic carbocycles. The number of halogens is 2. The molecule has 0 spiro atoms. The lowest BCUT2D eigenvalue weighted by Gasteiger charge is -2.37. The molecule has 2 saturated heterocycles. The second kappa shape index (κ2) is 10.0. The molecule has 0 saturated carbocycles. The van der Waals surface area contributed by atoms with Crippen molar-refractivity contribution in [2.24, 2.45) is 5.92 Å². The Morgan fingerprint density at radius 3 is 2.26 bits per heavy atom. The van der Waals surface area contributed by atoms with Gasteiger partial charge >= 0.3 is 0 Å². The van der Waals surface area contributed by atoms with Gasteiger partial charge in [-0.15, -0.1) is 0 Å². The van der Waals surface area contributed by atoms with E-state index in [1.165, 1.54) is 0 Å². The number of benzene rings is 1. The van der Waals surface area contributed by atoms with Gasteiger partial charge in [-0.25, -0.2) is 21.9 Å². The Morgan fingerprint density at radius 2 is 1.65 bits per heavy atom. The van der Waals surface area contributed by atoms with E-state index in [4.69, 9.17) is 0 Å². The highest BCUT2D eigenvalue weighted by atomic mass is 32.2. The summed E-state index contributed by atoms with van der Waals surface area (Å²) in [6, 6.07) is 2.30. The third kappa shape index (κ3) is 5.98. The fourth-order valence-electron chi connectivity index (χ4n) is 3.84. The Balaban J connectivity index is 1.42. The van der Waals surface area contributed by atoms with Gasteiger partial charge in [0.05, 0.1) is 4.90 Å². The van der Waals surface area contributed by atoms with Crippen LogP contribution in [0.3, 0.4) is 0 Å². The molecule has 2 aliphatic heterocycles. The van der Waals surface area contributed by atoms with Crippen LogP contribution in [0.2, 0.25) is 0 Å². The predicted molar refractivity (Wildman–Crippen MR) is 110 cm³/mol. The Bertz CT molecular complexity index is 912. The standard InChI is InChI=1S/C20H28F2N4O4S/c1-24-10-12-26(13-11-24)20(28)15-5-8-25(9-6-15)19(27)4-7-23-31(29,30)16-2-3-17(21)18(22)14-16/h2-3,14-15,23H,4-13H2,1H3. The summed E-state index contributed by atoms with van der Waals surface area (Å²) in [4.78, 5) is 30.4. The first kappa shape index (κ1) is 23.6. The van der Waals surface area contributed by atoms with Crippen LogP contribution in [0.15, 0.2) is 23.1 Å². The van der Waals surface area contributed by atoms with Crippen molar-refractivity contribution in [3.8, 4) is 0 Å². The molecule has 0 unspecified atom stereocenters. The van der Waals surface area contributed by atoms with Crippen LogP contribution in [0.25, 0.3) is 0 Å². The molecule has 0 aromatic heterocycles. The lowest BCUT2D eigenvalue weighted by atomic mass is 9.94. The molecule has 172 valence electrons. The van der Waals surface area contributed by atoms with Crippen molar-refractivity contribution < 1.29 is 26.8 Å². The zero-order valence-electron chi connectivity index (χ0n) is 17.5. The van der Waals surface area contributed by atoms with E-state index in [0.29, 0.717) is 32.0 Å². The largest absolute Gasteiger partial charge is 0.343 e. The van der Waals surface area contributed by atoms with E-state index in [0.717, 1.165) is 38.3 Å². The molecule has 2 fully saturated rings. The topological polar surface area (TPSA) is 90.0 Å². The quantitative estimate of drug-likeness (QED) is 0.676. The maximum atomic E-state index is 13.3. The van der Waals surface area contributed by atoms with Crippen LogP contribution in [-0.2, 0) is 19.6 Å². The molecule has 1 N–H and O–H groups in total. The highest BCUT2D eigenvalue weighted by Gasteiger charge is 2.31. The number of sulfonamides is 1. The second-order valence-electron chi connectivity index (χ2n) is 8.01. The summed E-state index contributed by atoms with van der Waals surface area (Å²) in [5.41, 5.74) is 0. The highest BCUT2D eigenvalue weighted by molar-refractivity contribution is 7.89. The smallest absolute Gasteiger partial charge is 0.240 e. The number of carbonyl (C=O) groups is 2. The minimum atomic E-state index is -4.04. The highest BCUT2D eigenvalue weighted by Crippen LogP contribution is 2.21. The zero-order chi connectivity index (χ0) is 22.6. The Kier molecular flexibility index (Phi) is 7.60. The Morgan fingerprint density at radius 1 is 1.00 bits per heavy atom. The predicted octanol–water partition coefficient (Wildman–Crippen LogP) is 0.646. The van der Waals surface area contributed by atoms with Crippen LogP contribution in [-0.4, -0.2) is 87.8 Å². The maximum absolute atomic E-state index is 13.3. The summed E-state index contributed by atoms with van der Waals surface area (Å²) in [7, 11) is -2.01. The summed E-state index contributed by atoms with van der Waals surface area (Å²) in [6.07, 6.45) is 1.13. The normalized spacial score (nSPS) is 18.9. The minimum absolute atomic E-state index is 0.0556. The number of likely N-dealkylation sites (N-methyl/N-ethyl adjacent to an activating group) is 1. The molecule has 11 heteroatoms. The monoisotopic (exact) mass is 458 g/mol. The van der Waals surface area contributed by atoms with Crippen LogP contribution in [0.4, 0.5) is 8.78 Å². The van der Waals surface area contributed by atoms with E-state index < -0.39 is 26.6 Å². The molecular formula is C20H28F2N4O4S. The number of nitrogens with one attached hydrogen (secondary N) is 1. The summed E-state index contributed by atoms with van der Waals surface area (Å²) in [5.74, 6) is -2.53. The number of piperidine rings is 1. The summed E-state index contributed by atoms with van der Waals surface area (Å²) in [5, 5.41) is 0. The summed E-state index contributed by atoms with van der Waals surface area (Å²) < 4.78 is 52.8. The molecule has 0 radical (unpaired) electrons. The first-order valence-electron chi connectivity index (χ1n) is 10.4. The van der Waals surface area contributed by atoms with Gasteiger partial charge in [-0.2, -0.15) is 0 Å². The molecule has 1 aromatic rings. The fraction of sp³-hybridized carbons (Fsp3) is 0.600. The second-order valence-corrected chi connectivity index (χ2v) is 9.77. The number of hydrogen-bond donors (Lipinski definition) is 1. The fourth-order valence-corrected chi connectivity index (χ4v) is 4.88. The average Bonchev–Trinajstić information content (AvgIpc) is 2.75. The number of nitrogens with zero attached hydrogens (tertiary/aromatic N) is 3. The van der Waals surface area contributed by atoms with Crippen molar-refractivity contribution in [2.45, 2.75) is 24.2 Å². The van der Waals surface area contributed by atoms with E-state index in [9.17, 15) is 26.8 Å². The Hall–Kier alpha value is -2.11. The van der Waals surface area contributed by atoms with Gasteiger partial charge in [0, 0.05) is 58.2 Å². The molecule has 8 nitrogen and oxygen atoms in total. The van der Waals surface area contributed by atoms with Crippen molar-refractivity contribution in [3.05, 3.63) is 29.8 Å². The van der Waals surface area contributed by atoms with Crippen LogP contribution in [0, 0.1) is 17.6 Å². The molecule has 0 aliphatic carbocycles. The van der Waals surface area contributed by atoms with E-state index >= 15 is 0 Å². The maximum Gasteiger partial charge on any atom is 0.240 e. The number of hydrogen-bond acceptors (Lipinski definition) is 5. The minimum Gasteiger partial charge on any atom is -0.343 e. The van der Waals surface area contributed by atoms with Crippen LogP contribution < -0.4 is 4.72 Å². The van der Waals surface area contributed by atoms with Gasteiger partial charge in [0.25, 0.3) is 0 Å². The van der Waals surface area contributed by atoms with Crippen LogP contribution in [0.5, 0.6) is 0 Å². The number of piperazine rings is 1. The average molecular weight is 459 g/mol. The first-order valence-corrected chi connectivity index (χ1v) is 11.9. The van der Waals surface area contributed by atoms with Gasteiger partial charge in [0.15, 0.2) is 11.6 Å². The summed E-state index contributed by atoms with van der Waals surface area (Å²) in [6.45, 7) is 3.95. The zero-order valence-corrected chi connectivity index (χ0v) is 18.3. The Labute approximate surface area is 181 Å². The molecule has 3 rings (SSSR count). The van der Waals surface area contributed by atoms with Crippen molar-refractivity contribution in [2.75, 3.05) is 52.9 Å². The van der Waals surface area contributed by atoms with Gasteiger partial charge in [-0.3, -0.25) is 9.59 Å². The molecule has 0 bridgehead atoms. The molecular weight excluding hydrogens is 430 g/mol. The van der Waals surface area contributed by atoms with E-state index in [-0.39, 0.29) is 30.7 Å². The molecule has 2 aliphatic rings. The summed E-state index contributed by atoms with van der Waals surface area (Å²) >= 11 is 0. The van der Waals surface area contributed by atoms with E-state index in [2.05, 4.69) is 9.62 Å². The lowest BCUT2D eigenvalue weighted by molar-refractivity contribution is -0.141. The molecule has 2 amide bonds. The van der Waals surface area contributed by atoms with Crippen LogP contribution in [0.1, 0.15) is 19.3 Å². The number of likely N-dealkylation sites (tertiary alicyclic amines) is 1. The molecule has 2 heterocycles. The third-order valence-electron chi connectivity index (χ3n) is 5.84. The molecule has 31 heavy (non-hydrogen) atoms. The van der Waals surface area contributed by atoms with Gasteiger partial charge in [-0.05, 0) is 38.1 Å². The lowest BCUT2D eigenvalue weighted by Crippen LogP contribution is -2.51.